The Morgan fingerprint density at radius 2 is 1.55 bits per heavy atom. The Morgan fingerprint density at radius 1 is 0.903 bits per heavy atom. The largest absolute Gasteiger partial charge is 0.384 e. The van der Waals surface area contributed by atoms with E-state index in [1.54, 1.807) is 65.6 Å². The van der Waals surface area contributed by atoms with Gasteiger partial charge in [-0.3, -0.25) is 10.2 Å². The van der Waals surface area contributed by atoms with Gasteiger partial charge in [-0.1, -0.05) is 35.9 Å². The Kier molecular flexibility index (Phi) is 5.70. The maximum Gasteiger partial charge on any atom is 0.253 e. The van der Waals surface area contributed by atoms with Gasteiger partial charge in [0, 0.05) is 42.3 Å². The van der Waals surface area contributed by atoms with Crippen LogP contribution in [-0.2, 0) is 10.0 Å². The molecule has 1 aliphatic rings. The summed E-state index contributed by atoms with van der Waals surface area (Å²) in [6, 6.07) is 16.9. The topological polar surface area (TPSA) is 108 Å². The zero-order valence-corrected chi connectivity index (χ0v) is 18.2. The fourth-order valence-corrected chi connectivity index (χ4v) is 5.28. The summed E-state index contributed by atoms with van der Waals surface area (Å²) >= 11 is 6.00. The molecule has 1 aliphatic heterocycles. The van der Waals surface area contributed by atoms with E-state index >= 15 is 0 Å². The zero-order chi connectivity index (χ0) is 22.2. The average Bonchev–Trinajstić information content (AvgIpc) is 2.78. The molecule has 7 nitrogen and oxygen atoms in total. The van der Waals surface area contributed by atoms with Crippen LogP contribution < -0.4 is 5.73 Å². The van der Waals surface area contributed by atoms with Gasteiger partial charge in [-0.2, -0.15) is 4.31 Å². The summed E-state index contributed by atoms with van der Waals surface area (Å²) in [5.41, 5.74) is 6.41. The summed E-state index contributed by atoms with van der Waals surface area (Å²) in [5.74, 6) is -0.314. The van der Waals surface area contributed by atoms with Crippen LogP contribution in [-0.4, -0.2) is 55.5 Å². The number of carbonyl (C=O) groups is 1. The Morgan fingerprint density at radius 3 is 2.26 bits per heavy atom. The minimum absolute atomic E-state index is 0.108. The van der Waals surface area contributed by atoms with E-state index in [9.17, 15) is 13.2 Å². The lowest BCUT2D eigenvalue weighted by molar-refractivity contribution is 0.0698. The number of benzene rings is 3. The van der Waals surface area contributed by atoms with Gasteiger partial charge >= 0.3 is 0 Å². The molecule has 1 heterocycles. The second kappa shape index (κ2) is 8.30. The minimum atomic E-state index is -3.68. The van der Waals surface area contributed by atoms with E-state index in [4.69, 9.17) is 22.7 Å². The summed E-state index contributed by atoms with van der Waals surface area (Å²) in [6.07, 6.45) is 0. The lowest BCUT2D eigenvalue weighted by Crippen LogP contribution is -2.50. The number of sulfonamides is 1. The number of piperazine rings is 1. The van der Waals surface area contributed by atoms with Gasteiger partial charge in [0.25, 0.3) is 5.91 Å². The highest BCUT2D eigenvalue weighted by molar-refractivity contribution is 7.89. The van der Waals surface area contributed by atoms with Crippen molar-refractivity contribution in [3.05, 3.63) is 76.8 Å². The lowest BCUT2D eigenvalue weighted by Gasteiger charge is -2.34. The van der Waals surface area contributed by atoms with E-state index in [0.717, 1.165) is 10.8 Å². The number of carbonyl (C=O) groups excluding carboxylic acids is 1. The van der Waals surface area contributed by atoms with E-state index < -0.39 is 10.0 Å². The molecule has 0 aromatic heterocycles. The van der Waals surface area contributed by atoms with Crippen molar-refractivity contribution in [1.29, 1.82) is 5.41 Å². The standard InChI is InChI=1S/C22H21ClN4O3S/c23-19-6-4-16-14-20(7-5-15(16)13-19)31(29,30)27-10-8-26(9-11-27)22(28)18-3-1-2-17(12-18)21(24)25/h1-7,12-14H,8-11H2,(H3,24,25). The van der Waals surface area contributed by atoms with Crippen molar-refractivity contribution in [2.75, 3.05) is 26.2 Å². The maximum absolute atomic E-state index is 13.1. The molecule has 0 spiro atoms. The highest BCUT2D eigenvalue weighted by atomic mass is 35.5. The van der Waals surface area contributed by atoms with Crippen molar-refractivity contribution in [3.8, 4) is 0 Å². The van der Waals surface area contributed by atoms with E-state index in [1.165, 1.54) is 4.31 Å². The van der Waals surface area contributed by atoms with Crippen LogP contribution in [0.3, 0.4) is 0 Å². The first kappa shape index (κ1) is 21.3. The molecule has 3 aromatic carbocycles. The number of amidine groups is 1. The monoisotopic (exact) mass is 456 g/mol. The smallest absolute Gasteiger partial charge is 0.253 e. The third kappa shape index (κ3) is 4.27. The first-order chi connectivity index (χ1) is 14.8. The molecule has 3 N–H and O–H groups in total. The molecule has 1 amide bonds. The highest BCUT2D eigenvalue weighted by Gasteiger charge is 2.30. The summed E-state index contributed by atoms with van der Waals surface area (Å²) in [6.45, 7) is 0.982. The number of hydrogen-bond acceptors (Lipinski definition) is 4. The Balaban J connectivity index is 1.49. The molecule has 0 aliphatic carbocycles. The summed E-state index contributed by atoms with van der Waals surface area (Å²) < 4.78 is 27.6. The summed E-state index contributed by atoms with van der Waals surface area (Å²) in [7, 11) is -3.68. The summed E-state index contributed by atoms with van der Waals surface area (Å²) in [5, 5.41) is 9.79. The van der Waals surface area contributed by atoms with Crippen molar-refractivity contribution in [1.82, 2.24) is 9.21 Å². The Bertz CT molecular complexity index is 1280. The van der Waals surface area contributed by atoms with Gasteiger partial charge < -0.3 is 10.6 Å². The fourth-order valence-electron chi connectivity index (χ4n) is 3.64. The van der Waals surface area contributed by atoms with Crippen molar-refractivity contribution >= 4 is 44.1 Å². The number of amides is 1. The average molecular weight is 457 g/mol. The summed E-state index contributed by atoms with van der Waals surface area (Å²) in [4.78, 5) is 14.6. The third-order valence-electron chi connectivity index (χ3n) is 5.36. The molecule has 0 bridgehead atoms. The van der Waals surface area contributed by atoms with Crippen molar-refractivity contribution in [2.24, 2.45) is 5.73 Å². The van der Waals surface area contributed by atoms with E-state index in [1.807, 2.05) is 0 Å². The van der Waals surface area contributed by atoms with E-state index in [-0.39, 0.29) is 42.8 Å². The fraction of sp³-hybridized carbons (Fsp3) is 0.182. The van der Waals surface area contributed by atoms with Gasteiger partial charge in [0.05, 0.1) is 4.90 Å². The van der Waals surface area contributed by atoms with Gasteiger partial charge in [-0.05, 0) is 47.2 Å². The highest BCUT2D eigenvalue weighted by Crippen LogP contribution is 2.25. The van der Waals surface area contributed by atoms with E-state index in [2.05, 4.69) is 0 Å². The predicted octanol–water partition coefficient (Wildman–Crippen LogP) is 2.92. The normalized spacial score (nSPS) is 15.2. The van der Waals surface area contributed by atoms with Crippen LogP contribution in [0.1, 0.15) is 15.9 Å². The van der Waals surface area contributed by atoms with E-state index in [0.29, 0.717) is 16.1 Å². The number of rotatable bonds is 4. The molecule has 3 aromatic rings. The molecule has 1 fully saturated rings. The van der Waals surface area contributed by atoms with Gasteiger partial charge in [0.2, 0.25) is 10.0 Å². The molecule has 9 heteroatoms. The second-order valence-corrected chi connectivity index (χ2v) is 9.72. The van der Waals surface area contributed by atoms with Gasteiger partial charge in [0.15, 0.2) is 0 Å². The van der Waals surface area contributed by atoms with Crippen molar-refractivity contribution in [2.45, 2.75) is 4.90 Å². The first-order valence-electron chi connectivity index (χ1n) is 9.69. The molecule has 0 saturated carbocycles. The van der Waals surface area contributed by atoms with Crippen LogP contribution in [0, 0.1) is 5.41 Å². The second-order valence-electron chi connectivity index (χ2n) is 7.34. The van der Waals surface area contributed by atoms with Crippen LogP contribution >= 0.6 is 11.6 Å². The molecule has 0 atom stereocenters. The predicted molar refractivity (Wildman–Crippen MR) is 121 cm³/mol. The molecule has 160 valence electrons. The number of halogens is 1. The molecule has 4 rings (SSSR count). The number of hydrogen-bond donors (Lipinski definition) is 2. The van der Waals surface area contributed by atoms with Crippen LogP contribution in [0.25, 0.3) is 10.8 Å². The molecular formula is C22H21ClN4O3S. The Labute approximate surface area is 185 Å². The van der Waals surface area contributed by atoms with Gasteiger partial charge in [0.1, 0.15) is 5.84 Å². The number of fused-ring (bicyclic) bond motifs is 1. The molecular weight excluding hydrogens is 436 g/mol. The molecule has 0 radical (unpaired) electrons. The minimum Gasteiger partial charge on any atom is -0.384 e. The molecule has 0 unspecified atom stereocenters. The number of nitrogens with zero attached hydrogens (tertiary/aromatic N) is 2. The van der Waals surface area contributed by atoms with Crippen molar-refractivity contribution < 1.29 is 13.2 Å². The SMILES string of the molecule is N=C(N)c1cccc(C(=O)N2CCN(S(=O)(=O)c3ccc4cc(Cl)ccc4c3)CC2)c1. The van der Waals surface area contributed by atoms with Crippen molar-refractivity contribution in [3.63, 3.8) is 0 Å². The lowest BCUT2D eigenvalue weighted by atomic mass is 10.1. The van der Waals surface area contributed by atoms with Crippen LogP contribution in [0.4, 0.5) is 0 Å². The number of nitrogen functional groups attached to an aromatic ring is 1. The Hall–Kier alpha value is -2.94. The van der Waals surface area contributed by atoms with Crippen LogP contribution in [0.5, 0.6) is 0 Å². The molecule has 31 heavy (non-hydrogen) atoms. The first-order valence-corrected chi connectivity index (χ1v) is 11.5. The quantitative estimate of drug-likeness (QED) is 0.464. The van der Waals surface area contributed by atoms with Gasteiger partial charge in [-0.25, -0.2) is 8.42 Å². The van der Waals surface area contributed by atoms with Gasteiger partial charge in [-0.15, -0.1) is 0 Å². The van der Waals surface area contributed by atoms with Crippen LogP contribution in [0.15, 0.2) is 65.6 Å². The third-order valence-corrected chi connectivity index (χ3v) is 7.49. The number of nitrogens with one attached hydrogen (secondary N) is 1. The number of nitrogens with two attached hydrogens (primary N) is 1. The maximum atomic E-state index is 13.1. The molecule has 1 saturated heterocycles. The zero-order valence-electron chi connectivity index (χ0n) is 16.6. The van der Waals surface area contributed by atoms with Crippen LogP contribution in [0.2, 0.25) is 5.02 Å².